The SMILES string of the molecule is CCn1c(-c2cccc(CN(C)S(C)(=O)=O)c2)c(C#N)c2ccc(OC)cc21. The Bertz CT molecular complexity index is 1170. The van der Waals surface area contributed by atoms with Crippen LogP contribution in [-0.2, 0) is 23.1 Å². The van der Waals surface area contributed by atoms with Crippen molar-refractivity contribution < 1.29 is 13.2 Å². The zero-order valence-corrected chi connectivity index (χ0v) is 17.2. The number of hydrogen-bond donors (Lipinski definition) is 0. The van der Waals surface area contributed by atoms with Gasteiger partial charge in [0.1, 0.15) is 11.8 Å². The number of nitrogens with zero attached hydrogens (tertiary/aromatic N) is 3. The number of aryl methyl sites for hydroxylation is 1. The normalized spacial score (nSPS) is 11.7. The van der Waals surface area contributed by atoms with Crippen LogP contribution in [0.5, 0.6) is 5.75 Å². The number of methoxy groups -OCH3 is 1. The average Bonchev–Trinajstić information content (AvgIpc) is 2.99. The van der Waals surface area contributed by atoms with Gasteiger partial charge in [0, 0.05) is 31.6 Å². The van der Waals surface area contributed by atoms with Crippen molar-refractivity contribution in [1.82, 2.24) is 8.87 Å². The molecule has 0 amide bonds. The first-order chi connectivity index (χ1) is 13.3. The minimum Gasteiger partial charge on any atom is -0.497 e. The molecule has 0 aliphatic heterocycles. The predicted molar refractivity (Wildman–Crippen MR) is 111 cm³/mol. The Morgan fingerprint density at radius 3 is 2.57 bits per heavy atom. The molecule has 0 fully saturated rings. The molecule has 28 heavy (non-hydrogen) atoms. The first-order valence-corrected chi connectivity index (χ1v) is 10.8. The molecule has 0 aliphatic rings. The summed E-state index contributed by atoms with van der Waals surface area (Å²) in [7, 11) is -0.0976. The average molecular weight is 398 g/mol. The maximum atomic E-state index is 11.7. The first-order valence-electron chi connectivity index (χ1n) is 8.91. The molecule has 0 aliphatic carbocycles. The van der Waals surface area contributed by atoms with Crippen LogP contribution in [-0.4, -0.2) is 37.7 Å². The Morgan fingerprint density at radius 2 is 1.96 bits per heavy atom. The van der Waals surface area contributed by atoms with Gasteiger partial charge < -0.3 is 9.30 Å². The molecular formula is C21H23N3O3S. The largest absolute Gasteiger partial charge is 0.497 e. The lowest BCUT2D eigenvalue weighted by Crippen LogP contribution is -2.24. The number of benzene rings is 2. The van der Waals surface area contributed by atoms with E-state index < -0.39 is 10.0 Å². The highest BCUT2D eigenvalue weighted by Gasteiger charge is 2.19. The molecule has 0 saturated carbocycles. The fourth-order valence-corrected chi connectivity index (χ4v) is 3.77. The summed E-state index contributed by atoms with van der Waals surface area (Å²) in [5.41, 5.74) is 4.12. The van der Waals surface area contributed by atoms with Gasteiger partial charge in [-0.1, -0.05) is 18.2 Å². The van der Waals surface area contributed by atoms with Crippen LogP contribution in [0.2, 0.25) is 0 Å². The van der Waals surface area contributed by atoms with Gasteiger partial charge in [0.2, 0.25) is 10.0 Å². The number of fused-ring (bicyclic) bond motifs is 1. The second-order valence-electron chi connectivity index (χ2n) is 6.68. The quantitative estimate of drug-likeness (QED) is 0.637. The van der Waals surface area contributed by atoms with E-state index in [9.17, 15) is 13.7 Å². The number of sulfonamides is 1. The molecule has 0 N–H and O–H groups in total. The van der Waals surface area contributed by atoms with E-state index in [1.807, 2.05) is 49.4 Å². The van der Waals surface area contributed by atoms with E-state index in [1.54, 1.807) is 14.2 Å². The Hall–Kier alpha value is -2.82. The highest BCUT2D eigenvalue weighted by molar-refractivity contribution is 7.88. The Kier molecular flexibility index (Phi) is 5.45. The molecule has 0 bridgehead atoms. The van der Waals surface area contributed by atoms with Gasteiger partial charge in [-0.05, 0) is 36.2 Å². The summed E-state index contributed by atoms with van der Waals surface area (Å²) in [5.74, 6) is 0.735. The summed E-state index contributed by atoms with van der Waals surface area (Å²) in [6, 6.07) is 15.7. The van der Waals surface area contributed by atoms with Crippen LogP contribution < -0.4 is 4.74 Å². The number of aromatic nitrogens is 1. The van der Waals surface area contributed by atoms with Crippen LogP contribution in [0.4, 0.5) is 0 Å². The first kappa shape index (κ1) is 19.9. The molecule has 146 valence electrons. The van der Waals surface area contributed by atoms with Crippen molar-refractivity contribution in [1.29, 1.82) is 5.26 Å². The van der Waals surface area contributed by atoms with Gasteiger partial charge in [-0.25, -0.2) is 12.7 Å². The highest BCUT2D eigenvalue weighted by atomic mass is 32.2. The fraction of sp³-hybridized carbons (Fsp3) is 0.286. The smallest absolute Gasteiger partial charge is 0.211 e. The third-order valence-corrected chi connectivity index (χ3v) is 6.13. The van der Waals surface area contributed by atoms with Crippen molar-refractivity contribution in [2.75, 3.05) is 20.4 Å². The molecule has 0 saturated heterocycles. The molecule has 7 heteroatoms. The number of rotatable bonds is 6. The Balaban J connectivity index is 2.18. The van der Waals surface area contributed by atoms with Crippen molar-refractivity contribution in [3.63, 3.8) is 0 Å². The monoisotopic (exact) mass is 397 g/mol. The van der Waals surface area contributed by atoms with Crippen LogP contribution in [0.1, 0.15) is 18.1 Å². The minimum absolute atomic E-state index is 0.273. The molecule has 1 heterocycles. The molecule has 0 radical (unpaired) electrons. The second kappa shape index (κ2) is 7.66. The van der Waals surface area contributed by atoms with Gasteiger partial charge in [0.05, 0.1) is 30.1 Å². The van der Waals surface area contributed by atoms with Crippen molar-refractivity contribution in [3.8, 4) is 23.1 Å². The fourth-order valence-electron chi connectivity index (χ4n) is 3.39. The lowest BCUT2D eigenvalue weighted by molar-refractivity contribution is 0.415. The summed E-state index contributed by atoms with van der Waals surface area (Å²) >= 11 is 0. The second-order valence-corrected chi connectivity index (χ2v) is 8.77. The summed E-state index contributed by atoms with van der Waals surface area (Å²) in [6.45, 7) is 2.99. The number of hydrogen-bond acceptors (Lipinski definition) is 4. The van der Waals surface area contributed by atoms with E-state index in [2.05, 4.69) is 10.6 Å². The number of ether oxygens (including phenoxy) is 1. The molecule has 3 aromatic rings. The van der Waals surface area contributed by atoms with Crippen LogP contribution in [0.15, 0.2) is 42.5 Å². The van der Waals surface area contributed by atoms with Gasteiger partial charge >= 0.3 is 0 Å². The van der Waals surface area contributed by atoms with Crippen LogP contribution in [0.3, 0.4) is 0 Å². The summed E-state index contributed by atoms with van der Waals surface area (Å²) in [6.07, 6.45) is 1.19. The van der Waals surface area contributed by atoms with E-state index in [0.717, 1.165) is 33.5 Å². The Labute approximate surface area is 165 Å². The van der Waals surface area contributed by atoms with E-state index in [-0.39, 0.29) is 6.54 Å². The van der Waals surface area contributed by atoms with Crippen molar-refractivity contribution >= 4 is 20.9 Å². The van der Waals surface area contributed by atoms with Gasteiger partial charge in [-0.3, -0.25) is 0 Å². The predicted octanol–water partition coefficient (Wildman–Crippen LogP) is 3.60. The zero-order valence-electron chi connectivity index (χ0n) is 16.4. The molecule has 0 spiro atoms. The zero-order chi connectivity index (χ0) is 20.5. The summed E-state index contributed by atoms with van der Waals surface area (Å²) in [5, 5.41) is 10.7. The maximum Gasteiger partial charge on any atom is 0.211 e. The van der Waals surface area contributed by atoms with Crippen molar-refractivity contribution in [3.05, 3.63) is 53.6 Å². The summed E-state index contributed by atoms with van der Waals surface area (Å²) < 4.78 is 32.2. The molecular weight excluding hydrogens is 374 g/mol. The Morgan fingerprint density at radius 1 is 1.21 bits per heavy atom. The van der Waals surface area contributed by atoms with Crippen molar-refractivity contribution in [2.45, 2.75) is 20.0 Å². The van der Waals surface area contributed by atoms with E-state index in [0.29, 0.717) is 12.1 Å². The minimum atomic E-state index is -3.27. The number of nitriles is 1. The van der Waals surface area contributed by atoms with Crippen LogP contribution >= 0.6 is 0 Å². The third kappa shape index (κ3) is 3.61. The van der Waals surface area contributed by atoms with E-state index >= 15 is 0 Å². The lowest BCUT2D eigenvalue weighted by atomic mass is 10.0. The maximum absolute atomic E-state index is 11.7. The van der Waals surface area contributed by atoms with E-state index in [1.165, 1.54) is 10.6 Å². The highest BCUT2D eigenvalue weighted by Crippen LogP contribution is 2.35. The van der Waals surface area contributed by atoms with E-state index in [4.69, 9.17) is 4.74 Å². The third-order valence-electron chi connectivity index (χ3n) is 4.87. The molecule has 0 atom stereocenters. The summed E-state index contributed by atoms with van der Waals surface area (Å²) in [4.78, 5) is 0. The van der Waals surface area contributed by atoms with Crippen molar-refractivity contribution in [2.24, 2.45) is 0 Å². The molecule has 0 unspecified atom stereocenters. The molecule has 1 aromatic heterocycles. The molecule has 6 nitrogen and oxygen atoms in total. The standard InChI is InChI=1S/C21H23N3O3S/c1-5-24-20-12-17(27-3)9-10-18(20)19(13-22)21(24)16-8-6-7-15(11-16)14-23(2)28(4,25)26/h6-12H,5,14H2,1-4H3. The molecule has 2 aromatic carbocycles. The van der Waals surface area contributed by atoms with Crippen LogP contribution in [0, 0.1) is 11.3 Å². The molecule has 3 rings (SSSR count). The van der Waals surface area contributed by atoms with Gasteiger partial charge in [-0.15, -0.1) is 0 Å². The van der Waals surface area contributed by atoms with Gasteiger partial charge in [-0.2, -0.15) is 5.26 Å². The topological polar surface area (TPSA) is 75.3 Å². The van der Waals surface area contributed by atoms with Gasteiger partial charge in [0.15, 0.2) is 0 Å². The van der Waals surface area contributed by atoms with Gasteiger partial charge in [0.25, 0.3) is 0 Å². The lowest BCUT2D eigenvalue weighted by Gasteiger charge is -2.15. The van der Waals surface area contributed by atoms with Crippen LogP contribution in [0.25, 0.3) is 22.2 Å².